The average Bonchev–Trinajstić information content (AvgIpc) is 3.25. The first-order valence-electron chi connectivity index (χ1n) is 7.98. The normalized spacial score (nSPS) is 10.8. The van der Waals surface area contributed by atoms with Gasteiger partial charge in [-0.05, 0) is 36.4 Å². The molecule has 0 unspecified atom stereocenters. The van der Waals surface area contributed by atoms with E-state index in [2.05, 4.69) is 30.1 Å². The van der Waals surface area contributed by atoms with Crippen molar-refractivity contribution in [1.29, 1.82) is 0 Å². The van der Waals surface area contributed by atoms with Crippen molar-refractivity contribution in [2.75, 3.05) is 6.54 Å². The van der Waals surface area contributed by atoms with Gasteiger partial charge >= 0.3 is 0 Å². The highest BCUT2D eigenvalue weighted by Gasteiger charge is 2.16. The second kappa shape index (κ2) is 7.73. The van der Waals surface area contributed by atoms with Crippen molar-refractivity contribution in [2.24, 2.45) is 0 Å². The molecule has 0 fully saturated rings. The number of hydrogen-bond acceptors (Lipinski definition) is 4. The van der Waals surface area contributed by atoms with Gasteiger partial charge in [0.25, 0.3) is 0 Å². The summed E-state index contributed by atoms with van der Waals surface area (Å²) in [6.07, 6.45) is 0.363. The van der Waals surface area contributed by atoms with Crippen molar-refractivity contribution in [1.82, 2.24) is 9.88 Å². The van der Waals surface area contributed by atoms with E-state index in [0.29, 0.717) is 19.5 Å². The van der Waals surface area contributed by atoms with E-state index in [1.807, 2.05) is 40.8 Å². The van der Waals surface area contributed by atoms with E-state index in [1.54, 1.807) is 22.7 Å². The molecule has 24 heavy (non-hydrogen) atoms. The van der Waals surface area contributed by atoms with Crippen LogP contribution in [0, 0.1) is 6.92 Å². The third-order valence-corrected chi connectivity index (χ3v) is 5.90. The van der Waals surface area contributed by atoms with Crippen LogP contribution in [0.4, 0.5) is 0 Å². The lowest BCUT2D eigenvalue weighted by atomic mass is 10.1. The Morgan fingerprint density at radius 3 is 2.71 bits per heavy atom. The number of carbonyl (C=O) groups excluding carboxylic acids is 1. The van der Waals surface area contributed by atoms with Gasteiger partial charge < -0.3 is 4.90 Å². The van der Waals surface area contributed by atoms with Gasteiger partial charge in [-0.1, -0.05) is 30.3 Å². The molecule has 0 radical (unpaired) electrons. The van der Waals surface area contributed by atoms with E-state index in [4.69, 9.17) is 0 Å². The van der Waals surface area contributed by atoms with Crippen molar-refractivity contribution in [2.45, 2.75) is 26.8 Å². The van der Waals surface area contributed by atoms with E-state index in [-0.39, 0.29) is 5.91 Å². The Bertz CT molecular complexity index is 808. The number of thiazole rings is 1. The number of aromatic nitrogens is 1. The van der Waals surface area contributed by atoms with E-state index in [9.17, 15) is 4.79 Å². The molecule has 3 rings (SSSR count). The maximum atomic E-state index is 12.6. The predicted octanol–water partition coefficient (Wildman–Crippen LogP) is 4.77. The Morgan fingerprint density at radius 1 is 1.17 bits per heavy atom. The Morgan fingerprint density at radius 2 is 2.00 bits per heavy atom. The summed E-state index contributed by atoms with van der Waals surface area (Å²) in [6.45, 7) is 5.47. The Balaban J connectivity index is 1.68. The lowest BCUT2D eigenvalue weighted by molar-refractivity contribution is -0.130. The number of amides is 1. The van der Waals surface area contributed by atoms with Crippen LogP contribution in [0.15, 0.2) is 47.2 Å². The molecule has 0 spiro atoms. The molecule has 3 aromatic rings. The van der Waals surface area contributed by atoms with Crippen molar-refractivity contribution < 1.29 is 4.79 Å². The van der Waals surface area contributed by atoms with Gasteiger partial charge in [-0.25, -0.2) is 4.98 Å². The van der Waals surface area contributed by atoms with E-state index < -0.39 is 0 Å². The highest BCUT2D eigenvalue weighted by atomic mass is 32.1. The summed E-state index contributed by atoms with van der Waals surface area (Å²) in [5.74, 6) is 0.129. The lowest BCUT2D eigenvalue weighted by Gasteiger charge is -2.21. The van der Waals surface area contributed by atoms with E-state index >= 15 is 0 Å². The summed E-state index contributed by atoms with van der Waals surface area (Å²) < 4.78 is 0. The minimum atomic E-state index is 0.129. The van der Waals surface area contributed by atoms with E-state index in [0.717, 1.165) is 15.6 Å². The molecule has 1 amide bonds. The number of rotatable bonds is 6. The first-order chi connectivity index (χ1) is 11.7. The number of hydrogen-bond donors (Lipinski definition) is 0. The minimum absolute atomic E-state index is 0.129. The fourth-order valence-electron chi connectivity index (χ4n) is 2.54. The van der Waals surface area contributed by atoms with Crippen LogP contribution in [0.5, 0.6) is 0 Å². The maximum Gasteiger partial charge on any atom is 0.228 e. The van der Waals surface area contributed by atoms with Crippen LogP contribution in [0.3, 0.4) is 0 Å². The molecular formula is C19H20N2OS2. The van der Waals surface area contributed by atoms with Crippen LogP contribution >= 0.6 is 22.7 Å². The van der Waals surface area contributed by atoms with Crippen molar-refractivity contribution in [3.8, 4) is 9.88 Å². The predicted molar refractivity (Wildman–Crippen MR) is 101 cm³/mol. The second-order valence-corrected chi connectivity index (χ2v) is 7.44. The van der Waals surface area contributed by atoms with Gasteiger partial charge in [0.2, 0.25) is 5.91 Å². The third kappa shape index (κ3) is 3.91. The summed E-state index contributed by atoms with van der Waals surface area (Å²) in [7, 11) is 0. The largest absolute Gasteiger partial charge is 0.338 e. The van der Waals surface area contributed by atoms with E-state index in [1.165, 1.54) is 11.1 Å². The van der Waals surface area contributed by atoms with Gasteiger partial charge in [0.15, 0.2) is 0 Å². The van der Waals surface area contributed by atoms with Crippen molar-refractivity contribution in [3.05, 3.63) is 64.0 Å². The molecule has 0 atom stereocenters. The number of nitrogens with zero attached hydrogens (tertiary/aromatic N) is 2. The molecule has 2 aromatic heterocycles. The molecule has 0 saturated carbocycles. The number of aryl methyl sites for hydroxylation is 1. The fourth-order valence-corrected chi connectivity index (χ4v) is 4.17. The molecule has 0 N–H and O–H groups in total. The molecule has 0 aliphatic rings. The number of carbonyl (C=O) groups is 1. The summed E-state index contributed by atoms with van der Waals surface area (Å²) in [4.78, 5) is 20.3. The monoisotopic (exact) mass is 356 g/mol. The molecular weight excluding hydrogens is 336 g/mol. The summed E-state index contributed by atoms with van der Waals surface area (Å²) in [6, 6.07) is 12.3. The molecule has 0 aliphatic heterocycles. The maximum absolute atomic E-state index is 12.6. The summed E-state index contributed by atoms with van der Waals surface area (Å²) in [5, 5.41) is 5.03. The minimum Gasteiger partial charge on any atom is -0.338 e. The van der Waals surface area contributed by atoms with Gasteiger partial charge in [-0.15, -0.1) is 22.7 Å². The standard InChI is InChI=1S/C19H20N2OS2/c1-3-21(12-15-8-5-4-7-14(15)2)18(22)11-16-13-24-19(20-16)17-9-6-10-23-17/h4-10,13H,3,11-12H2,1-2H3. The zero-order chi connectivity index (χ0) is 16.9. The quantitative estimate of drug-likeness (QED) is 0.637. The van der Waals surface area contributed by atoms with Crippen LogP contribution < -0.4 is 0 Å². The molecule has 3 nitrogen and oxygen atoms in total. The van der Waals surface area contributed by atoms with Gasteiger partial charge in [-0.3, -0.25) is 4.79 Å². The van der Waals surface area contributed by atoms with Crippen LogP contribution in [-0.2, 0) is 17.8 Å². The van der Waals surface area contributed by atoms with Crippen LogP contribution in [0.1, 0.15) is 23.7 Å². The van der Waals surface area contributed by atoms with Crippen molar-refractivity contribution in [3.63, 3.8) is 0 Å². The molecule has 1 aromatic carbocycles. The Hall–Kier alpha value is -1.98. The molecule has 0 bridgehead atoms. The fraction of sp³-hybridized carbons (Fsp3) is 0.263. The molecule has 2 heterocycles. The molecule has 0 saturated heterocycles. The SMILES string of the molecule is CCN(Cc1ccccc1C)C(=O)Cc1csc(-c2cccs2)n1. The highest BCUT2D eigenvalue weighted by molar-refractivity contribution is 7.20. The third-order valence-electron chi connectivity index (χ3n) is 3.97. The first-order valence-corrected chi connectivity index (χ1v) is 9.74. The molecule has 5 heteroatoms. The smallest absolute Gasteiger partial charge is 0.228 e. The van der Waals surface area contributed by atoms with Gasteiger partial charge in [0.1, 0.15) is 5.01 Å². The second-order valence-electron chi connectivity index (χ2n) is 5.63. The first kappa shape index (κ1) is 16.9. The van der Waals surface area contributed by atoms with Gasteiger partial charge in [-0.2, -0.15) is 0 Å². The van der Waals surface area contributed by atoms with Gasteiger partial charge in [0.05, 0.1) is 17.0 Å². The Labute approximate surface area is 150 Å². The zero-order valence-corrected chi connectivity index (χ0v) is 15.5. The van der Waals surface area contributed by atoms with Crippen LogP contribution in [-0.4, -0.2) is 22.3 Å². The van der Waals surface area contributed by atoms with Crippen molar-refractivity contribution >= 4 is 28.6 Å². The summed E-state index contributed by atoms with van der Waals surface area (Å²) >= 11 is 3.28. The van der Waals surface area contributed by atoms with Gasteiger partial charge in [0, 0.05) is 18.5 Å². The molecule has 0 aliphatic carbocycles. The number of likely N-dealkylation sites (N-methyl/N-ethyl adjacent to an activating group) is 1. The number of benzene rings is 1. The summed E-state index contributed by atoms with van der Waals surface area (Å²) in [5.41, 5.74) is 3.28. The average molecular weight is 357 g/mol. The Kier molecular flexibility index (Phi) is 5.43. The number of thiophene rings is 1. The highest BCUT2D eigenvalue weighted by Crippen LogP contribution is 2.28. The molecule has 124 valence electrons. The topological polar surface area (TPSA) is 33.2 Å². The lowest BCUT2D eigenvalue weighted by Crippen LogP contribution is -2.31. The van der Waals surface area contributed by atoms with Crippen LogP contribution in [0.25, 0.3) is 9.88 Å². The van der Waals surface area contributed by atoms with Crippen LogP contribution in [0.2, 0.25) is 0 Å². The zero-order valence-electron chi connectivity index (χ0n) is 13.9.